The molecular formula is C23H25FO4. The van der Waals surface area contributed by atoms with Gasteiger partial charge in [-0.05, 0) is 55.0 Å². The Labute approximate surface area is 164 Å². The van der Waals surface area contributed by atoms with Crippen LogP contribution in [0.1, 0.15) is 60.0 Å². The van der Waals surface area contributed by atoms with E-state index in [1.54, 1.807) is 30.4 Å². The molecule has 28 heavy (non-hydrogen) atoms. The number of ether oxygens (including phenoxy) is 2. The summed E-state index contributed by atoms with van der Waals surface area (Å²) in [6.45, 7) is 0. The number of esters is 1. The van der Waals surface area contributed by atoms with E-state index in [2.05, 4.69) is 0 Å². The van der Waals surface area contributed by atoms with Crippen molar-refractivity contribution in [3.63, 3.8) is 0 Å². The summed E-state index contributed by atoms with van der Waals surface area (Å²) in [4.78, 5) is 12.2. The van der Waals surface area contributed by atoms with E-state index in [0.717, 1.165) is 31.2 Å². The molecule has 4 nitrogen and oxygen atoms in total. The van der Waals surface area contributed by atoms with Crippen molar-refractivity contribution in [1.82, 2.24) is 0 Å². The number of carbonyl (C=O) groups excluding carboxylic acids is 1. The predicted octanol–water partition coefficient (Wildman–Crippen LogP) is 5.59. The van der Waals surface area contributed by atoms with E-state index < -0.39 is 5.97 Å². The molecule has 1 fully saturated rings. The number of phenolic OH excluding ortho intramolecular Hbond substituents is 1. The van der Waals surface area contributed by atoms with Crippen molar-refractivity contribution < 1.29 is 23.8 Å². The van der Waals surface area contributed by atoms with Crippen LogP contribution in [0.15, 0.2) is 36.4 Å². The molecule has 3 rings (SSSR count). The lowest BCUT2D eigenvalue weighted by Crippen LogP contribution is -2.15. The Balaban J connectivity index is 1.90. The molecule has 2 aromatic rings. The summed E-state index contributed by atoms with van der Waals surface area (Å²) in [5.41, 5.74) is 1.33. The van der Waals surface area contributed by atoms with Crippen LogP contribution >= 0.6 is 0 Å². The van der Waals surface area contributed by atoms with Gasteiger partial charge in [0.2, 0.25) is 0 Å². The lowest BCUT2D eigenvalue weighted by molar-refractivity contribution is 0.0597. The lowest BCUT2D eigenvalue weighted by atomic mass is 10.0. The van der Waals surface area contributed by atoms with Crippen LogP contribution in [-0.4, -0.2) is 24.3 Å². The first-order chi connectivity index (χ1) is 13.6. The van der Waals surface area contributed by atoms with Crippen molar-refractivity contribution in [2.45, 2.75) is 44.6 Å². The molecule has 0 aromatic heterocycles. The minimum absolute atomic E-state index is 0.0779. The van der Waals surface area contributed by atoms with Crippen LogP contribution in [0.4, 0.5) is 4.39 Å². The number of benzene rings is 2. The van der Waals surface area contributed by atoms with Crippen molar-refractivity contribution in [2.75, 3.05) is 7.11 Å². The van der Waals surface area contributed by atoms with Crippen LogP contribution < -0.4 is 4.74 Å². The van der Waals surface area contributed by atoms with Crippen LogP contribution in [0.2, 0.25) is 0 Å². The van der Waals surface area contributed by atoms with E-state index >= 15 is 0 Å². The van der Waals surface area contributed by atoms with Crippen LogP contribution in [0.25, 0.3) is 12.2 Å². The average Bonchev–Trinajstić information content (AvgIpc) is 2.95. The van der Waals surface area contributed by atoms with Crippen molar-refractivity contribution in [3.8, 4) is 11.5 Å². The third-order valence-electron chi connectivity index (χ3n) is 4.94. The Bertz CT molecular complexity index is 834. The standard InChI is InChI=1S/C23H25FO4/c1-27-23(26)22-17(11-8-16-9-12-18(24)13-10-16)14-20(15-21(22)25)28-19-6-4-2-3-5-7-19/h8-15,19,25H,2-7H2,1H3. The molecular weight excluding hydrogens is 359 g/mol. The number of hydrogen-bond acceptors (Lipinski definition) is 4. The minimum atomic E-state index is -0.628. The maximum absolute atomic E-state index is 13.1. The van der Waals surface area contributed by atoms with Gasteiger partial charge in [-0.3, -0.25) is 0 Å². The second kappa shape index (κ2) is 9.40. The fourth-order valence-electron chi connectivity index (χ4n) is 3.46. The SMILES string of the molecule is COC(=O)c1c(O)cc(OC2CCCCCC2)cc1C=Cc1ccc(F)cc1. The molecule has 1 N–H and O–H groups in total. The molecule has 0 bridgehead atoms. The molecule has 1 aliphatic carbocycles. The van der Waals surface area contributed by atoms with E-state index in [1.165, 1.54) is 38.2 Å². The highest BCUT2D eigenvalue weighted by Gasteiger charge is 2.20. The minimum Gasteiger partial charge on any atom is -0.507 e. The van der Waals surface area contributed by atoms with Crippen molar-refractivity contribution >= 4 is 18.1 Å². The summed E-state index contributed by atoms with van der Waals surface area (Å²) in [7, 11) is 1.27. The Morgan fingerprint density at radius 1 is 1.07 bits per heavy atom. The maximum atomic E-state index is 13.1. The van der Waals surface area contributed by atoms with Gasteiger partial charge in [0.05, 0.1) is 13.2 Å². The number of hydrogen-bond donors (Lipinski definition) is 1. The fraction of sp³-hybridized carbons (Fsp3) is 0.348. The Morgan fingerprint density at radius 3 is 2.39 bits per heavy atom. The zero-order valence-corrected chi connectivity index (χ0v) is 16.0. The van der Waals surface area contributed by atoms with Crippen molar-refractivity contribution in [1.29, 1.82) is 0 Å². The molecule has 0 saturated heterocycles. The van der Waals surface area contributed by atoms with E-state index in [-0.39, 0.29) is 23.2 Å². The molecule has 0 amide bonds. The van der Waals surface area contributed by atoms with Crippen LogP contribution in [0.5, 0.6) is 11.5 Å². The van der Waals surface area contributed by atoms with Gasteiger partial charge in [-0.2, -0.15) is 0 Å². The van der Waals surface area contributed by atoms with Gasteiger partial charge in [-0.15, -0.1) is 0 Å². The topological polar surface area (TPSA) is 55.8 Å². The van der Waals surface area contributed by atoms with Crippen LogP contribution in [0, 0.1) is 5.82 Å². The number of halogens is 1. The van der Waals surface area contributed by atoms with E-state index in [4.69, 9.17) is 9.47 Å². The second-order valence-electron chi connectivity index (χ2n) is 7.01. The number of methoxy groups -OCH3 is 1. The largest absolute Gasteiger partial charge is 0.507 e. The van der Waals surface area contributed by atoms with Gasteiger partial charge in [0, 0.05) is 6.07 Å². The highest BCUT2D eigenvalue weighted by Crippen LogP contribution is 2.32. The molecule has 0 unspecified atom stereocenters. The Morgan fingerprint density at radius 2 is 1.75 bits per heavy atom. The van der Waals surface area contributed by atoms with Gasteiger partial charge in [0.15, 0.2) is 0 Å². The van der Waals surface area contributed by atoms with Crippen LogP contribution in [0.3, 0.4) is 0 Å². The summed E-state index contributed by atoms with van der Waals surface area (Å²) >= 11 is 0. The van der Waals surface area contributed by atoms with E-state index in [1.807, 2.05) is 0 Å². The van der Waals surface area contributed by atoms with Gasteiger partial charge in [0.25, 0.3) is 0 Å². The Kier molecular flexibility index (Phi) is 6.69. The summed E-state index contributed by atoms with van der Waals surface area (Å²) in [5.74, 6) is -0.603. The summed E-state index contributed by atoms with van der Waals surface area (Å²) < 4.78 is 24.0. The monoisotopic (exact) mass is 384 g/mol. The molecule has 1 saturated carbocycles. The number of rotatable bonds is 5. The van der Waals surface area contributed by atoms with Crippen molar-refractivity contribution in [2.24, 2.45) is 0 Å². The first-order valence-electron chi connectivity index (χ1n) is 9.62. The van der Waals surface area contributed by atoms with E-state index in [9.17, 15) is 14.3 Å². The quantitative estimate of drug-likeness (QED) is 0.415. The van der Waals surface area contributed by atoms with Crippen molar-refractivity contribution in [3.05, 3.63) is 58.9 Å². The summed E-state index contributed by atoms with van der Waals surface area (Å²) in [6.07, 6.45) is 10.2. The molecule has 0 atom stereocenters. The third kappa shape index (κ3) is 5.12. The van der Waals surface area contributed by atoms with Gasteiger partial charge in [-0.25, -0.2) is 9.18 Å². The summed E-state index contributed by atoms with van der Waals surface area (Å²) in [5, 5.41) is 10.4. The molecule has 2 aromatic carbocycles. The lowest BCUT2D eigenvalue weighted by Gasteiger charge is -2.18. The first-order valence-corrected chi connectivity index (χ1v) is 9.62. The molecule has 0 spiro atoms. The number of phenols is 1. The van der Waals surface area contributed by atoms with Gasteiger partial charge < -0.3 is 14.6 Å². The zero-order chi connectivity index (χ0) is 19.9. The normalized spacial score (nSPS) is 15.4. The smallest absolute Gasteiger partial charge is 0.342 e. The molecule has 5 heteroatoms. The molecule has 0 aliphatic heterocycles. The van der Waals surface area contributed by atoms with E-state index in [0.29, 0.717) is 11.3 Å². The first kappa shape index (κ1) is 19.9. The Hall–Kier alpha value is -2.82. The summed E-state index contributed by atoms with van der Waals surface area (Å²) in [6, 6.07) is 9.20. The highest BCUT2D eigenvalue weighted by molar-refractivity contribution is 5.98. The molecule has 148 valence electrons. The zero-order valence-electron chi connectivity index (χ0n) is 16.0. The average molecular weight is 384 g/mol. The predicted molar refractivity (Wildman–Crippen MR) is 107 cm³/mol. The second-order valence-corrected chi connectivity index (χ2v) is 7.01. The van der Waals surface area contributed by atoms with Gasteiger partial charge in [-0.1, -0.05) is 37.1 Å². The molecule has 1 aliphatic rings. The molecule has 0 radical (unpaired) electrons. The highest BCUT2D eigenvalue weighted by atomic mass is 19.1. The third-order valence-corrected chi connectivity index (χ3v) is 4.94. The fourth-order valence-corrected chi connectivity index (χ4v) is 3.46. The number of aromatic hydroxyl groups is 1. The van der Waals surface area contributed by atoms with Gasteiger partial charge >= 0.3 is 5.97 Å². The maximum Gasteiger partial charge on any atom is 0.342 e. The van der Waals surface area contributed by atoms with Gasteiger partial charge in [0.1, 0.15) is 22.9 Å². The number of carbonyl (C=O) groups is 1. The molecule has 0 heterocycles. The van der Waals surface area contributed by atoms with Crippen LogP contribution in [-0.2, 0) is 4.74 Å².